The second-order valence-corrected chi connectivity index (χ2v) is 4.50. The van der Waals surface area contributed by atoms with Gasteiger partial charge in [-0.3, -0.25) is 0 Å². The summed E-state index contributed by atoms with van der Waals surface area (Å²) in [5.74, 6) is -0.397. The Morgan fingerprint density at radius 2 is 2.11 bits per heavy atom. The first-order valence-electron chi connectivity index (χ1n) is 6.01. The topological polar surface area (TPSA) is 55.4 Å². The average molecular weight is 255 g/mol. The molecule has 0 saturated heterocycles. The summed E-state index contributed by atoms with van der Waals surface area (Å²) in [6.45, 7) is 2.39. The number of hydrogen-bond donors (Lipinski definition) is 1. The number of rotatable bonds is 3. The molecule has 1 aromatic carbocycles. The van der Waals surface area contributed by atoms with Gasteiger partial charge < -0.3 is 14.1 Å². The Bertz CT molecular complexity index is 752. The molecular weight excluding hydrogens is 242 g/mol. The van der Waals surface area contributed by atoms with Crippen molar-refractivity contribution in [1.29, 1.82) is 0 Å². The molecule has 2 aromatic heterocycles. The van der Waals surface area contributed by atoms with Crippen LogP contribution >= 0.6 is 0 Å². The normalized spacial score (nSPS) is 11.0. The standard InChI is InChI=1S/C15H13NO3/c1-10-12(8-14(19-10)15(17)18)9-16-7-6-11-4-2-3-5-13(11)16/h2-8H,9H2,1H3,(H,17,18). The lowest BCUT2D eigenvalue weighted by molar-refractivity contribution is 0.0661. The van der Waals surface area contributed by atoms with Crippen molar-refractivity contribution in [1.82, 2.24) is 4.57 Å². The van der Waals surface area contributed by atoms with E-state index in [1.54, 1.807) is 13.0 Å². The van der Waals surface area contributed by atoms with Crippen LogP contribution in [0.5, 0.6) is 0 Å². The monoisotopic (exact) mass is 255 g/mol. The molecule has 3 rings (SSSR count). The van der Waals surface area contributed by atoms with Crippen molar-refractivity contribution in [3.63, 3.8) is 0 Å². The van der Waals surface area contributed by atoms with Crippen LogP contribution in [-0.2, 0) is 6.54 Å². The number of carbonyl (C=O) groups is 1. The van der Waals surface area contributed by atoms with Gasteiger partial charge in [0.05, 0.1) is 6.54 Å². The maximum absolute atomic E-state index is 10.9. The molecule has 3 aromatic rings. The largest absolute Gasteiger partial charge is 0.475 e. The molecule has 0 spiro atoms. The van der Waals surface area contributed by atoms with Crippen LogP contribution < -0.4 is 0 Å². The highest BCUT2D eigenvalue weighted by Gasteiger charge is 2.13. The molecule has 0 unspecified atom stereocenters. The number of aromatic carboxylic acids is 1. The van der Waals surface area contributed by atoms with Crippen molar-refractivity contribution in [3.8, 4) is 0 Å². The molecule has 0 amide bonds. The number of carboxylic acid groups (broad SMARTS) is 1. The molecule has 19 heavy (non-hydrogen) atoms. The Hall–Kier alpha value is -2.49. The van der Waals surface area contributed by atoms with E-state index in [-0.39, 0.29) is 5.76 Å². The Morgan fingerprint density at radius 1 is 1.32 bits per heavy atom. The van der Waals surface area contributed by atoms with Gasteiger partial charge in [-0.15, -0.1) is 0 Å². The Morgan fingerprint density at radius 3 is 2.84 bits per heavy atom. The van der Waals surface area contributed by atoms with E-state index in [1.165, 1.54) is 5.39 Å². The highest BCUT2D eigenvalue weighted by atomic mass is 16.4. The van der Waals surface area contributed by atoms with Crippen LogP contribution in [0.4, 0.5) is 0 Å². The summed E-state index contributed by atoms with van der Waals surface area (Å²) in [7, 11) is 0. The fourth-order valence-electron chi connectivity index (χ4n) is 2.24. The quantitative estimate of drug-likeness (QED) is 0.781. The molecule has 2 heterocycles. The number of furan rings is 1. The van der Waals surface area contributed by atoms with E-state index in [2.05, 4.69) is 10.6 Å². The minimum Gasteiger partial charge on any atom is -0.475 e. The average Bonchev–Trinajstić information content (AvgIpc) is 2.96. The zero-order valence-corrected chi connectivity index (χ0v) is 10.5. The Labute approximate surface area is 109 Å². The van der Waals surface area contributed by atoms with Crippen LogP contribution in [0.2, 0.25) is 0 Å². The maximum Gasteiger partial charge on any atom is 0.371 e. The molecule has 0 bridgehead atoms. The van der Waals surface area contributed by atoms with Gasteiger partial charge in [-0.1, -0.05) is 18.2 Å². The predicted octanol–water partition coefficient (Wildman–Crippen LogP) is 3.29. The number of aryl methyl sites for hydroxylation is 1. The fraction of sp³-hybridized carbons (Fsp3) is 0.133. The van der Waals surface area contributed by atoms with Crippen LogP contribution in [0.15, 0.2) is 47.0 Å². The van der Waals surface area contributed by atoms with Crippen LogP contribution in [0.25, 0.3) is 10.9 Å². The summed E-state index contributed by atoms with van der Waals surface area (Å²) < 4.78 is 7.31. The zero-order valence-electron chi connectivity index (χ0n) is 10.5. The summed E-state index contributed by atoms with van der Waals surface area (Å²) in [6.07, 6.45) is 2.00. The first-order valence-corrected chi connectivity index (χ1v) is 6.01. The van der Waals surface area contributed by atoms with Gasteiger partial charge in [0.1, 0.15) is 5.76 Å². The number of benzene rings is 1. The van der Waals surface area contributed by atoms with Crippen molar-refractivity contribution in [3.05, 3.63) is 59.7 Å². The van der Waals surface area contributed by atoms with Crippen molar-refractivity contribution in [2.24, 2.45) is 0 Å². The van der Waals surface area contributed by atoms with Gasteiger partial charge in [-0.2, -0.15) is 0 Å². The van der Waals surface area contributed by atoms with Crippen molar-refractivity contribution in [2.75, 3.05) is 0 Å². The molecule has 96 valence electrons. The molecule has 0 atom stereocenters. The third-order valence-corrected chi connectivity index (χ3v) is 3.25. The summed E-state index contributed by atoms with van der Waals surface area (Å²) >= 11 is 0. The van der Waals surface area contributed by atoms with Crippen LogP contribution in [0, 0.1) is 6.92 Å². The molecule has 0 radical (unpaired) electrons. The zero-order chi connectivity index (χ0) is 13.4. The van der Waals surface area contributed by atoms with Gasteiger partial charge in [-0.05, 0) is 30.5 Å². The van der Waals surface area contributed by atoms with E-state index in [1.807, 2.05) is 30.5 Å². The van der Waals surface area contributed by atoms with Crippen LogP contribution in [-0.4, -0.2) is 15.6 Å². The third-order valence-electron chi connectivity index (χ3n) is 3.25. The van der Waals surface area contributed by atoms with Gasteiger partial charge in [0, 0.05) is 17.3 Å². The summed E-state index contributed by atoms with van der Waals surface area (Å²) in [6, 6.07) is 11.7. The summed E-state index contributed by atoms with van der Waals surface area (Å²) in [4.78, 5) is 10.9. The van der Waals surface area contributed by atoms with Gasteiger partial charge in [0.15, 0.2) is 0 Å². The Balaban J connectivity index is 1.99. The molecule has 1 N–H and O–H groups in total. The van der Waals surface area contributed by atoms with E-state index in [9.17, 15) is 4.79 Å². The molecule has 0 aliphatic heterocycles. The lowest BCUT2D eigenvalue weighted by Crippen LogP contribution is -1.98. The first-order chi connectivity index (χ1) is 9.15. The van der Waals surface area contributed by atoms with Gasteiger partial charge >= 0.3 is 5.97 Å². The second-order valence-electron chi connectivity index (χ2n) is 4.50. The predicted molar refractivity (Wildman–Crippen MR) is 71.4 cm³/mol. The van der Waals surface area contributed by atoms with E-state index >= 15 is 0 Å². The molecule has 0 saturated carbocycles. The highest BCUT2D eigenvalue weighted by Crippen LogP contribution is 2.20. The third kappa shape index (κ3) is 2.01. The molecule has 4 heteroatoms. The first kappa shape index (κ1) is 11.6. The molecule has 0 aliphatic carbocycles. The summed E-state index contributed by atoms with van der Waals surface area (Å²) in [5, 5.41) is 10.1. The fourth-order valence-corrected chi connectivity index (χ4v) is 2.24. The van der Waals surface area contributed by atoms with E-state index < -0.39 is 5.97 Å². The number of fused-ring (bicyclic) bond motifs is 1. The van der Waals surface area contributed by atoms with Gasteiger partial charge in [0.25, 0.3) is 0 Å². The maximum atomic E-state index is 10.9. The highest BCUT2D eigenvalue weighted by molar-refractivity contribution is 5.84. The molecule has 4 nitrogen and oxygen atoms in total. The SMILES string of the molecule is Cc1oc(C(=O)O)cc1Cn1ccc2ccccc21. The molecule has 0 fully saturated rings. The smallest absolute Gasteiger partial charge is 0.371 e. The van der Waals surface area contributed by atoms with Gasteiger partial charge in [0.2, 0.25) is 5.76 Å². The van der Waals surface area contributed by atoms with E-state index in [0.717, 1.165) is 11.1 Å². The van der Waals surface area contributed by atoms with Crippen molar-refractivity contribution >= 4 is 16.9 Å². The lowest BCUT2D eigenvalue weighted by atomic mass is 10.2. The van der Waals surface area contributed by atoms with Gasteiger partial charge in [-0.25, -0.2) is 4.79 Å². The second kappa shape index (κ2) is 4.31. The number of nitrogens with zero attached hydrogens (tertiary/aromatic N) is 1. The minimum atomic E-state index is -1.04. The Kier molecular flexibility index (Phi) is 2.63. The molecule has 0 aliphatic rings. The number of aromatic nitrogens is 1. The number of hydrogen-bond acceptors (Lipinski definition) is 2. The number of para-hydroxylation sites is 1. The van der Waals surface area contributed by atoms with Crippen LogP contribution in [0.1, 0.15) is 21.9 Å². The lowest BCUT2D eigenvalue weighted by Gasteiger charge is -2.03. The number of carboxylic acids is 1. The van der Waals surface area contributed by atoms with Crippen molar-refractivity contribution < 1.29 is 14.3 Å². The summed E-state index contributed by atoms with van der Waals surface area (Å²) in [5.41, 5.74) is 2.01. The van der Waals surface area contributed by atoms with E-state index in [4.69, 9.17) is 9.52 Å². The minimum absolute atomic E-state index is 0.0102. The molecular formula is C15H13NO3. The van der Waals surface area contributed by atoms with Crippen LogP contribution in [0.3, 0.4) is 0 Å². The van der Waals surface area contributed by atoms with E-state index in [0.29, 0.717) is 12.3 Å². The van der Waals surface area contributed by atoms with Crippen molar-refractivity contribution in [2.45, 2.75) is 13.5 Å².